The third-order valence-electron chi connectivity index (χ3n) is 4.71. The molecule has 2 aliphatic rings. The summed E-state index contributed by atoms with van der Waals surface area (Å²) in [7, 11) is 1.85. The fraction of sp³-hybridized carbons (Fsp3) is 0.500. The molecule has 2 amide bonds. The first-order valence-electron chi connectivity index (χ1n) is 8.33. The van der Waals surface area contributed by atoms with Gasteiger partial charge in [0.25, 0.3) is 11.8 Å². The summed E-state index contributed by atoms with van der Waals surface area (Å²) in [4.78, 5) is 28.3. The van der Waals surface area contributed by atoms with Crippen molar-refractivity contribution in [1.29, 1.82) is 0 Å². The second kappa shape index (κ2) is 6.32. The topological polar surface area (TPSA) is 85.5 Å². The van der Waals surface area contributed by atoms with Gasteiger partial charge in [-0.2, -0.15) is 0 Å². The van der Waals surface area contributed by atoms with Crippen molar-refractivity contribution in [2.75, 3.05) is 39.4 Å². The summed E-state index contributed by atoms with van der Waals surface area (Å²) in [6.07, 6.45) is 3.53. The van der Waals surface area contributed by atoms with Crippen LogP contribution in [0.2, 0.25) is 0 Å². The van der Waals surface area contributed by atoms with Crippen LogP contribution >= 0.6 is 0 Å². The lowest BCUT2D eigenvalue weighted by molar-refractivity contribution is 0.0298. The molecule has 2 saturated heterocycles. The van der Waals surface area contributed by atoms with Gasteiger partial charge in [0.05, 0.1) is 25.5 Å². The van der Waals surface area contributed by atoms with Crippen LogP contribution in [0.25, 0.3) is 0 Å². The number of carbonyl (C=O) groups excluding carboxylic acids is 2. The van der Waals surface area contributed by atoms with Gasteiger partial charge in [-0.15, -0.1) is 5.10 Å². The second-order valence-electron chi connectivity index (χ2n) is 6.36. The van der Waals surface area contributed by atoms with Crippen molar-refractivity contribution in [3.05, 3.63) is 35.9 Å². The average molecular weight is 344 g/mol. The Morgan fingerprint density at radius 3 is 2.60 bits per heavy atom. The quantitative estimate of drug-likeness (QED) is 0.769. The zero-order valence-corrected chi connectivity index (χ0v) is 14.0. The number of morpholine rings is 1. The van der Waals surface area contributed by atoms with Gasteiger partial charge < -0.3 is 19.1 Å². The number of aryl methyl sites for hydroxylation is 1. The number of nitrogens with zero attached hydrogens (tertiary/aromatic N) is 6. The number of rotatable bonds is 3. The van der Waals surface area contributed by atoms with E-state index < -0.39 is 0 Å². The first-order valence-corrected chi connectivity index (χ1v) is 8.33. The Hall–Kier alpha value is -2.68. The molecule has 2 aromatic rings. The molecule has 2 aliphatic heterocycles. The van der Waals surface area contributed by atoms with E-state index in [-0.39, 0.29) is 17.9 Å². The predicted octanol–water partition coefficient (Wildman–Crippen LogP) is -0.214. The van der Waals surface area contributed by atoms with Crippen molar-refractivity contribution in [3.8, 4) is 0 Å². The third-order valence-corrected chi connectivity index (χ3v) is 4.71. The highest BCUT2D eigenvalue weighted by atomic mass is 16.5. The van der Waals surface area contributed by atoms with Crippen LogP contribution in [0, 0.1) is 0 Å². The number of amides is 2. The first kappa shape index (κ1) is 15.8. The maximum absolute atomic E-state index is 12.4. The summed E-state index contributed by atoms with van der Waals surface area (Å²) >= 11 is 0. The molecule has 0 radical (unpaired) electrons. The SMILES string of the molecule is Cn1cccc1C(=O)N1CC(n2cc(C(=O)N3CCOCC3)nn2)C1. The van der Waals surface area contributed by atoms with Crippen LogP contribution in [0.4, 0.5) is 0 Å². The van der Waals surface area contributed by atoms with Crippen LogP contribution in [-0.4, -0.2) is 80.6 Å². The Morgan fingerprint density at radius 2 is 1.92 bits per heavy atom. The van der Waals surface area contributed by atoms with Crippen LogP contribution in [0.5, 0.6) is 0 Å². The van der Waals surface area contributed by atoms with Crippen molar-refractivity contribution in [1.82, 2.24) is 29.4 Å². The zero-order valence-electron chi connectivity index (χ0n) is 14.0. The summed E-state index contributed by atoms with van der Waals surface area (Å²) in [6, 6.07) is 3.72. The van der Waals surface area contributed by atoms with E-state index in [0.29, 0.717) is 50.8 Å². The molecule has 2 aromatic heterocycles. The molecule has 0 bridgehead atoms. The van der Waals surface area contributed by atoms with E-state index >= 15 is 0 Å². The summed E-state index contributed by atoms with van der Waals surface area (Å²) in [5.74, 6) is -0.112. The lowest BCUT2D eigenvalue weighted by Gasteiger charge is -2.38. The van der Waals surface area contributed by atoms with Crippen LogP contribution < -0.4 is 0 Å². The number of carbonyl (C=O) groups is 2. The molecule has 0 aliphatic carbocycles. The molecule has 0 aromatic carbocycles. The van der Waals surface area contributed by atoms with Gasteiger partial charge in [-0.3, -0.25) is 9.59 Å². The van der Waals surface area contributed by atoms with Crippen molar-refractivity contribution in [2.45, 2.75) is 6.04 Å². The van der Waals surface area contributed by atoms with E-state index in [2.05, 4.69) is 10.3 Å². The fourth-order valence-electron chi connectivity index (χ4n) is 3.12. The van der Waals surface area contributed by atoms with Crippen molar-refractivity contribution >= 4 is 11.8 Å². The molecule has 4 rings (SSSR count). The van der Waals surface area contributed by atoms with E-state index in [1.807, 2.05) is 29.9 Å². The average Bonchev–Trinajstić information content (AvgIpc) is 3.23. The number of aromatic nitrogens is 4. The van der Waals surface area contributed by atoms with Crippen LogP contribution in [0.15, 0.2) is 24.5 Å². The highest BCUT2D eigenvalue weighted by molar-refractivity contribution is 5.93. The Bertz CT molecular complexity index is 785. The number of ether oxygens (including phenoxy) is 1. The van der Waals surface area contributed by atoms with Gasteiger partial charge in [-0.05, 0) is 12.1 Å². The normalized spacial score (nSPS) is 18.3. The maximum atomic E-state index is 12.4. The van der Waals surface area contributed by atoms with Crippen molar-refractivity contribution < 1.29 is 14.3 Å². The molecule has 0 saturated carbocycles. The van der Waals surface area contributed by atoms with Gasteiger partial charge in [-0.1, -0.05) is 5.21 Å². The fourth-order valence-corrected chi connectivity index (χ4v) is 3.12. The van der Waals surface area contributed by atoms with Gasteiger partial charge in [0.2, 0.25) is 0 Å². The molecule has 25 heavy (non-hydrogen) atoms. The van der Waals surface area contributed by atoms with E-state index in [0.717, 1.165) is 0 Å². The molecule has 0 N–H and O–H groups in total. The van der Waals surface area contributed by atoms with E-state index in [9.17, 15) is 9.59 Å². The Labute approximate surface area is 144 Å². The molecule has 4 heterocycles. The van der Waals surface area contributed by atoms with Crippen molar-refractivity contribution in [3.63, 3.8) is 0 Å². The molecule has 0 unspecified atom stereocenters. The third kappa shape index (κ3) is 2.91. The molecule has 132 valence electrons. The maximum Gasteiger partial charge on any atom is 0.276 e. The number of hydrogen-bond donors (Lipinski definition) is 0. The van der Waals surface area contributed by atoms with Crippen LogP contribution in [-0.2, 0) is 11.8 Å². The smallest absolute Gasteiger partial charge is 0.276 e. The van der Waals surface area contributed by atoms with Crippen LogP contribution in [0.3, 0.4) is 0 Å². The number of likely N-dealkylation sites (tertiary alicyclic amines) is 1. The monoisotopic (exact) mass is 344 g/mol. The van der Waals surface area contributed by atoms with Gasteiger partial charge in [0.15, 0.2) is 5.69 Å². The van der Waals surface area contributed by atoms with E-state index in [1.165, 1.54) is 0 Å². The Kier molecular flexibility index (Phi) is 4.00. The molecular weight excluding hydrogens is 324 g/mol. The predicted molar refractivity (Wildman–Crippen MR) is 87.1 cm³/mol. The Balaban J connectivity index is 1.37. The van der Waals surface area contributed by atoms with Gasteiger partial charge >= 0.3 is 0 Å². The minimum atomic E-state index is -0.120. The summed E-state index contributed by atoms with van der Waals surface area (Å²) in [6.45, 7) is 3.40. The van der Waals surface area contributed by atoms with Crippen LogP contribution in [0.1, 0.15) is 27.0 Å². The summed E-state index contributed by atoms with van der Waals surface area (Å²) in [5.41, 5.74) is 1.01. The van der Waals surface area contributed by atoms with Gasteiger partial charge in [-0.25, -0.2) is 4.68 Å². The largest absolute Gasteiger partial charge is 0.378 e. The second-order valence-corrected chi connectivity index (χ2v) is 6.36. The molecule has 0 atom stereocenters. The zero-order chi connectivity index (χ0) is 17.4. The number of hydrogen-bond acceptors (Lipinski definition) is 5. The first-order chi connectivity index (χ1) is 12.1. The molecular formula is C16H20N6O3. The highest BCUT2D eigenvalue weighted by Gasteiger charge is 2.34. The lowest BCUT2D eigenvalue weighted by Crippen LogP contribution is -2.51. The standard InChI is InChI=1S/C16H20N6O3/c1-19-4-2-3-14(19)16(24)21-9-12(10-21)22-11-13(17-18-22)15(23)20-5-7-25-8-6-20/h2-4,11-12H,5-10H2,1H3. The van der Waals surface area contributed by atoms with Crippen molar-refractivity contribution in [2.24, 2.45) is 7.05 Å². The summed E-state index contributed by atoms with van der Waals surface area (Å²) in [5, 5.41) is 8.07. The Morgan fingerprint density at radius 1 is 1.16 bits per heavy atom. The van der Waals surface area contributed by atoms with E-state index in [1.54, 1.807) is 20.7 Å². The minimum absolute atomic E-state index is 0.00785. The van der Waals surface area contributed by atoms with Gasteiger partial charge in [0, 0.05) is 39.4 Å². The van der Waals surface area contributed by atoms with E-state index in [4.69, 9.17) is 4.74 Å². The molecule has 0 spiro atoms. The molecule has 9 nitrogen and oxygen atoms in total. The minimum Gasteiger partial charge on any atom is -0.378 e. The highest BCUT2D eigenvalue weighted by Crippen LogP contribution is 2.23. The summed E-state index contributed by atoms with van der Waals surface area (Å²) < 4.78 is 8.75. The molecule has 9 heteroatoms. The lowest BCUT2D eigenvalue weighted by atomic mass is 10.1. The van der Waals surface area contributed by atoms with Gasteiger partial charge in [0.1, 0.15) is 5.69 Å². The molecule has 2 fully saturated rings.